The van der Waals surface area contributed by atoms with E-state index in [0.717, 1.165) is 18.7 Å². The lowest BCUT2D eigenvalue weighted by Gasteiger charge is -2.36. The summed E-state index contributed by atoms with van der Waals surface area (Å²) >= 11 is 0. The van der Waals surface area contributed by atoms with Gasteiger partial charge in [0.05, 0.1) is 24.9 Å². The van der Waals surface area contributed by atoms with Gasteiger partial charge in [-0.2, -0.15) is 4.98 Å². The molecule has 0 aliphatic carbocycles. The van der Waals surface area contributed by atoms with Crippen LogP contribution in [0.3, 0.4) is 0 Å². The zero-order valence-electron chi connectivity index (χ0n) is 11.7. The summed E-state index contributed by atoms with van der Waals surface area (Å²) in [6.07, 6.45) is 0.600. The van der Waals surface area contributed by atoms with Crippen LogP contribution in [0.5, 0.6) is 0 Å². The largest absolute Gasteiger partial charge is 0.389 e. The predicted octanol–water partition coefficient (Wildman–Crippen LogP) is -0.941. The molecule has 114 valence electrons. The van der Waals surface area contributed by atoms with Crippen molar-refractivity contribution in [2.75, 3.05) is 43.1 Å². The van der Waals surface area contributed by atoms with Gasteiger partial charge in [-0.1, -0.05) is 0 Å². The van der Waals surface area contributed by atoms with Crippen molar-refractivity contribution < 1.29 is 14.6 Å². The van der Waals surface area contributed by atoms with Crippen molar-refractivity contribution >= 4 is 17.7 Å². The van der Waals surface area contributed by atoms with E-state index >= 15 is 0 Å². The van der Waals surface area contributed by atoms with Crippen LogP contribution in [0.1, 0.15) is 18.0 Å². The predicted molar refractivity (Wildman–Crippen MR) is 76.1 cm³/mol. The van der Waals surface area contributed by atoms with E-state index in [1.165, 1.54) is 0 Å². The molecule has 3 heterocycles. The van der Waals surface area contributed by atoms with E-state index in [9.17, 15) is 9.90 Å². The number of anilines is 2. The normalized spacial score (nSPS) is 22.1. The van der Waals surface area contributed by atoms with Crippen LogP contribution in [-0.4, -0.2) is 59.9 Å². The van der Waals surface area contributed by atoms with Gasteiger partial charge in [0.1, 0.15) is 5.82 Å². The fourth-order valence-electron chi connectivity index (χ4n) is 2.46. The number of nitrogens with one attached hydrogen (secondary N) is 1. The quantitative estimate of drug-likeness (QED) is 0.642. The summed E-state index contributed by atoms with van der Waals surface area (Å²) in [7, 11) is 0. The van der Waals surface area contributed by atoms with Crippen molar-refractivity contribution in [3.05, 3.63) is 11.8 Å². The Kier molecular flexibility index (Phi) is 3.89. The molecule has 21 heavy (non-hydrogen) atoms. The third-order valence-corrected chi connectivity index (χ3v) is 3.67. The lowest BCUT2D eigenvalue weighted by Crippen LogP contribution is -2.51. The van der Waals surface area contributed by atoms with Gasteiger partial charge >= 0.3 is 0 Å². The van der Waals surface area contributed by atoms with Crippen LogP contribution >= 0.6 is 0 Å². The Morgan fingerprint density at radius 1 is 1.52 bits per heavy atom. The van der Waals surface area contributed by atoms with Gasteiger partial charge in [-0.15, -0.1) is 0 Å². The summed E-state index contributed by atoms with van der Waals surface area (Å²) in [6, 6.07) is 1.84. The molecule has 8 heteroatoms. The molecule has 0 aromatic carbocycles. The first-order chi connectivity index (χ1) is 10.1. The molecule has 0 radical (unpaired) electrons. The third-order valence-electron chi connectivity index (χ3n) is 3.67. The number of β-amino-alcohol motifs (C(OH)–C–C–N with tert-alkyl or cyclic N) is 1. The minimum atomic E-state index is -0.444. The first-order valence-corrected chi connectivity index (χ1v) is 7.03. The summed E-state index contributed by atoms with van der Waals surface area (Å²) in [5.74, 6) is 0.936. The molecule has 1 amide bonds. The van der Waals surface area contributed by atoms with Crippen molar-refractivity contribution in [1.82, 2.24) is 9.97 Å². The van der Waals surface area contributed by atoms with Crippen LogP contribution in [0.15, 0.2) is 6.07 Å². The highest BCUT2D eigenvalue weighted by Gasteiger charge is 2.28. The number of primary amides is 1. The summed E-state index contributed by atoms with van der Waals surface area (Å²) in [5, 5.41) is 12.3. The monoisotopic (exact) mass is 293 g/mol. The van der Waals surface area contributed by atoms with E-state index in [0.29, 0.717) is 31.5 Å². The number of rotatable bonds is 5. The molecule has 4 N–H and O–H groups in total. The number of nitrogens with zero attached hydrogens (tertiary/aromatic N) is 3. The Hall–Kier alpha value is -1.93. The fourth-order valence-corrected chi connectivity index (χ4v) is 2.46. The minimum absolute atomic E-state index is 0.0275. The van der Waals surface area contributed by atoms with Crippen LogP contribution in [0.25, 0.3) is 0 Å². The van der Waals surface area contributed by atoms with Crippen molar-refractivity contribution in [1.29, 1.82) is 0 Å². The Labute approximate surface area is 122 Å². The number of nitrogens with two attached hydrogens (primary N) is 1. The second kappa shape index (κ2) is 5.82. The lowest BCUT2D eigenvalue weighted by atomic mass is 10.0. The Balaban J connectivity index is 1.82. The molecule has 3 rings (SSSR count). The van der Waals surface area contributed by atoms with E-state index in [4.69, 9.17) is 10.5 Å². The molecule has 0 spiro atoms. The number of carbonyl (C=O) groups is 1. The topological polar surface area (TPSA) is 114 Å². The highest BCUT2D eigenvalue weighted by atomic mass is 16.5. The number of hydrogen-bond donors (Lipinski definition) is 3. The van der Waals surface area contributed by atoms with Gasteiger partial charge in [0, 0.05) is 31.7 Å². The van der Waals surface area contributed by atoms with E-state index in [1.807, 2.05) is 11.0 Å². The van der Waals surface area contributed by atoms with Gasteiger partial charge < -0.3 is 25.8 Å². The lowest BCUT2D eigenvalue weighted by molar-refractivity contribution is -0.116. The SMILES string of the molecule is NC(=O)CNc1cc(C2CCOC2)nc(N2CC(O)C2)n1. The number of hydrogen-bond acceptors (Lipinski definition) is 7. The molecule has 8 nitrogen and oxygen atoms in total. The maximum Gasteiger partial charge on any atom is 0.236 e. The number of ether oxygens (including phenoxy) is 1. The maximum absolute atomic E-state index is 10.9. The average molecular weight is 293 g/mol. The second-order valence-corrected chi connectivity index (χ2v) is 5.42. The number of aromatic nitrogens is 2. The first kappa shape index (κ1) is 14.0. The highest BCUT2D eigenvalue weighted by molar-refractivity contribution is 5.78. The van der Waals surface area contributed by atoms with Crippen LogP contribution in [0.2, 0.25) is 0 Å². The molecule has 2 fully saturated rings. The fraction of sp³-hybridized carbons (Fsp3) is 0.615. The molecular weight excluding hydrogens is 274 g/mol. The maximum atomic E-state index is 10.9. The molecule has 2 aliphatic rings. The molecule has 1 unspecified atom stereocenters. The molecule has 2 aliphatic heterocycles. The smallest absolute Gasteiger partial charge is 0.236 e. The van der Waals surface area contributed by atoms with Gasteiger partial charge in [-0.3, -0.25) is 4.79 Å². The molecule has 2 saturated heterocycles. The summed E-state index contributed by atoms with van der Waals surface area (Å²) in [6.45, 7) is 2.46. The molecule has 1 atom stereocenters. The van der Waals surface area contributed by atoms with Gasteiger partial charge in [0.15, 0.2) is 0 Å². The third kappa shape index (κ3) is 3.22. The Bertz CT molecular complexity index is 527. The van der Waals surface area contributed by atoms with E-state index in [-0.39, 0.29) is 18.6 Å². The number of carbonyl (C=O) groups excluding carboxylic acids is 1. The molecule has 0 saturated carbocycles. The van der Waals surface area contributed by atoms with Crippen LogP contribution in [0.4, 0.5) is 11.8 Å². The van der Waals surface area contributed by atoms with Crippen LogP contribution < -0.4 is 16.0 Å². The number of aliphatic hydroxyl groups excluding tert-OH is 1. The van der Waals surface area contributed by atoms with Crippen molar-refractivity contribution in [2.24, 2.45) is 5.73 Å². The van der Waals surface area contributed by atoms with Gasteiger partial charge in [-0.05, 0) is 6.42 Å². The second-order valence-electron chi connectivity index (χ2n) is 5.42. The Morgan fingerprint density at radius 3 is 2.95 bits per heavy atom. The van der Waals surface area contributed by atoms with Crippen LogP contribution in [-0.2, 0) is 9.53 Å². The highest BCUT2D eigenvalue weighted by Crippen LogP contribution is 2.28. The average Bonchev–Trinajstić information content (AvgIpc) is 2.95. The number of aliphatic hydroxyl groups is 1. The molecule has 1 aromatic heterocycles. The van der Waals surface area contributed by atoms with E-state index in [1.54, 1.807) is 0 Å². The molecule has 1 aromatic rings. The van der Waals surface area contributed by atoms with Gasteiger partial charge in [0.25, 0.3) is 0 Å². The first-order valence-electron chi connectivity index (χ1n) is 7.03. The summed E-state index contributed by atoms with van der Waals surface area (Å²) < 4.78 is 5.40. The van der Waals surface area contributed by atoms with E-state index in [2.05, 4.69) is 15.3 Å². The zero-order chi connectivity index (χ0) is 14.8. The van der Waals surface area contributed by atoms with Gasteiger partial charge in [-0.25, -0.2) is 4.98 Å². The van der Waals surface area contributed by atoms with Crippen molar-refractivity contribution in [3.63, 3.8) is 0 Å². The minimum Gasteiger partial charge on any atom is -0.389 e. The van der Waals surface area contributed by atoms with Gasteiger partial charge in [0.2, 0.25) is 11.9 Å². The molecule has 0 bridgehead atoms. The standard InChI is InChI=1S/C13H19N5O3/c14-11(20)4-15-12-3-10(8-1-2-21-7-8)16-13(17-12)18-5-9(19)6-18/h3,8-9,19H,1-2,4-7H2,(H2,14,20)(H,15,16,17). The summed E-state index contributed by atoms with van der Waals surface area (Å²) in [4.78, 5) is 21.7. The Morgan fingerprint density at radius 2 is 2.33 bits per heavy atom. The van der Waals surface area contributed by atoms with Crippen molar-refractivity contribution in [2.45, 2.75) is 18.4 Å². The van der Waals surface area contributed by atoms with Crippen LogP contribution in [0, 0.1) is 0 Å². The number of amides is 1. The van der Waals surface area contributed by atoms with Crippen molar-refractivity contribution in [3.8, 4) is 0 Å². The molecular formula is C13H19N5O3. The zero-order valence-corrected chi connectivity index (χ0v) is 11.7. The summed E-state index contributed by atoms with van der Waals surface area (Å²) in [5.41, 5.74) is 6.04. The van der Waals surface area contributed by atoms with E-state index < -0.39 is 5.91 Å².